The van der Waals surface area contributed by atoms with Crippen LogP contribution in [0.15, 0.2) is 0 Å². The Morgan fingerprint density at radius 3 is 2.50 bits per heavy atom. The molecular formula is C9H18N2O4S. The molecule has 0 heterocycles. The molecule has 7 heteroatoms. The van der Waals surface area contributed by atoms with E-state index in [1.807, 2.05) is 13.8 Å². The number of carbonyl (C=O) groups excluding carboxylic acids is 2. The second-order valence-corrected chi connectivity index (χ2v) is 4.23. The Morgan fingerprint density at radius 2 is 2.00 bits per heavy atom. The molecule has 0 aliphatic rings. The second-order valence-electron chi connectivity index (χ2n) is 3.59. The predicted octanol–water partition coefficient (Wildman–Crippen LogP) is 0.0106. The van der Waals surface area contributed by atoms with Crippen molar-refractivity contribution >= 4 is 24.0 Å². The standard InChI is InChI=1S/C9H18N2O4S/c1-6(2)3-7(11)9(13)14-5-16-15-8(12)4-10/h6-7H,3-5,10-11H2,1-2H3/t7-/m0/s1. The largest absolute Gasteiger partial charge is 0.450 e. The molecule has 0 rings (SSSR count). The summed E-state index contributed by atoms with van der Waals surface area (Å²) in [6, 6.07) is -0.634. The highest BCUT2D eigenvalue weighted by molar-refractivity contribution is 7.94. The van der Waals surface area contributed by atoms with Gasteiger partial charge in [-0.25, -0.2) is 4.79 Å². The second kappa shape index (κ2) is 8.37. The van der Waals surface area contributed by atoms with Crippen LogP contribution in [0.25, 0.3) is 0 Å². The average molecular weight is 250 g/mol. The molecule has 1 atom stereocenters. The van der Waals surface area contributed by atoms with Gasteiger partial charge in [-0.3, -0.25) is 4.79 Å². The monoisotopic (exact) mass is 250 g/mol. The topological polar surface area (TPSA) is 105 Å². The van der Waals surface area contributed by atoms with Crippen LogP contribution in [0.5, 0.6) is 0 Å². The Labute approximate surface area is 99.2 Å². The third kappa shape index (κ3) is 7.49. The summed E-state index contributed by atoms with van der Waals surface area (Å²) in [4.78, 5) is 21.9. The lowest BCUT2D eigenvalue weighted by Gasteiger charge is -2.12. The van der Waals surface area contributed by atoms with Crippen molar-refractivity contribution in [3.05, 3.63) is 0 Å². The molecule has 94 valence electrons. The minimum Gasteiger partial charge on any atom is -0.450 e. The Morgan fingerprint density at radius 1 is 1.38 bits per heavy atom. The molecule has 4 N–H and O–H groups in total. The van der Waals surface area contributed by atoms with Gasteiger partial charge in [-0.2, -0.15) is 0 Å². The summed E-state index contributed by atoms with van der Waals surface area (Å²) < 4.78 is 9.32. The zero-order valence-corrected chi connectivity index (χ0v) is 10.3. The van der Waals surface area contributed by atoms with E-state index < -0.39 is 18.0 Å². The summed E-state index contributed by atoms with van der Waals surface area (Å²) in [6.07, 6.45) is 0.562. The van der Waals surface area contributed by atoms with E-state index in [1.54, 1.807) is 0 Å². The van der Waals surface area contributed by atoms with Crippen LogP contribution in [-0.4, -0.2) is 30.5 Å². The van der Waals surface area contributed by atoms with Crippen molar-refractivity contribution in [2.24, 2.45) is 17.4 Å². The summed E-state index contributed by atoms with van der Waals surface area (Å²) in [5, 5.41) is 0. The van der Waals surface area contributed by atoms with E-state index in [2.05, 4.69) is 4.18 Å². The minimum absolute atomic E-state index is 0.0730. The maximum atomic E-state index is 11.3. The van der Waals surface area contributed by atoms with Gasteiger partial charge in [-0.05, 0) is 12.3 Å². The van der Waals surface area contributed by atoms with Crippen molar-refractivity contribution in [1.82, 2.24) is 0 Å². The van der Waals surface area contributed by atoms with Crippen LogP contribution in [0.1, 0.15) is 20.3 Å². The van der Waals surface area contributed by atoms with Crippen LogP contribution in [0.2, 0.25) is 0 Å². The molecule has 0 aromatic carbocycles. The molecule has 0 radical (unpaired) electrons. The summed E-state index contributed by atoms with van der Waals surface area (Å²) in [5.74, 6) is -0.807. The number of hydrogen-bond donors (Lipinski definition) is 2. The lowest BCUT2D eigenvalue weighted by Crippen LogP contribution is -2.33. The Balaban J connectivity index is 3.61. The number of ether oxygens (including phenoxy) is 1. The van der Waals surface area contributed by atoms with Crippen molar-refractivity contribution < 1.29 is 18.5 Å². The first-order chi connectivity index (χ1) is 7.47. The van der Waals surface area contributed by atoms with Crippen LogP contribution in [-0.2, 0) is 18.5 Å². The summed E-state index contributed by atoms with van der Waals surface area (Å²) in [7, 11) is 0. The zero-order chi connectivity index (χ0) is 12.6. The van der Waals surface area contributed by atoms with Crippen LogP contribution in [0.3, 0.4) is 0 Å². The van der Waals surface area contributed by atoms with E-state index in [0.29, 0.717) is 12.3 Å². The van der Waals surface area contributed by atoms with Gasteiger partial charge in [0.2, 0.25) is 0 Å². The van der Waals surface area contributed by atoms with Gasteiger partial charge < -0.3 is 20.4 Å². The molecule has 16 heavy (non-hydrogen) atoms. The number of rotatable bonds is 7. The molecule has 0 saturated heterocycles. The average Bonchev–Trinajstić information content (AvgIpc) is 2.22. The van der Waals surface area contributed by atoms with Crippen molar-refractivity contribution in [2.45, 2.75) is 26.3 Å². The molecule has 0 aliphatic carbocycles. The lowest BCUT2D eigenvalue weighted by molar-refractivity contribution is -0.143. The minimum atomic E-state index is -0.634. The highest BCUT2D eigenvalue weighted by atomic mass is 32.2. The molecule has 6 nitrogen and oxygen atoms in total. The maximum Gasteiger partial charge on any atom is 0.331 e. The molecule has 0 fully saturated rings. The zero-order valence-electron chi connectivity index (χ0n) is 9.47. The van der Waals surface area contributed by atoms with E-state index in [-0.39, 0.29) is 12.5 Å². The lowest BCUT2D eigenvalue weighted by atomic mass is 10.1. The van der Waals surface area contributed by atoms with Gasteiger partial charge in [0.1, 0.15) is 18.1 Å². The van der Waals surface area contributed by atoms with Gasteiger partial charge in [0.05, 0.1) is 6.54 Å². The molecule has 0 unspecified atom stereocenters. The number of carbonyl (C=O) groups is 2. The van der Waals surface area contributed by atoms with Crippen molar-refractivity contribution in [3.63, 3.8) is 0 Å². The van der Waals surface area contributed by atoms with Crippen molar-refractivity contribution in [3.8, 4) is 0 Å². The normalized spacial score (nSPS) is 12.3. The van der Waals surface area contributed by atoms with E-state index in [0.717, 1.165) is 12.0 Å². The SMILES string of the molecule is CC(C)C[C@H](N)C(=O)OCSOC(=O)CN. The van der Waals surface area contributed by atoms with Crippen molar-refractivity contribution in [1.29, 1.82) is 0 Å². The molecule has 0 spiro atoms. The molecule has 0 aliphatic heterocycles. The fraction of sp³-hybridized carbons (Fsp3) is 0.778. The summed E-state index contributed by atoms with van der Waals surface area (Å²) in [5.41, 5.74) is 10.6. The predicted molar refractivity (Wildman–Crippen MR) is 61.1 cm³/mol. The first kappa shape index (κ1) is 15.2. The van der Waals surface area contributed by atoms with E-state index in [4.69, 9.17) is 16.2 Å². The van der Waals surface area contributed by atoms with Gasteiger partial charge in [-0.15, -0.1) is 0 Å². The van der Waals surface area contributed by atoms with Gasteiger partial charge in [0.25, 0.3) is 0 Å². The van der Waals surface area contributed by atoms with E-state index >= 15 is 0 Å². The Hall–Kier alpha value is -0.790. The van der Waals surface area contributed by atoms with Crippen LogP contribution in [0.4, 0.5) is 0 Å². The smallest absolute Gasteiger partial charge is 0.331 e. The summed E-state index contributed by atoms with van der Waals surface area (Å²) in [6.45, 7) is 3.73. The third-order valence-electron chi connectivity index (χ3n) is 1.60. The van der Waals surface area contributed by atoms with Gasteiger partial charge in [0.15, 0.2) is 5.94 Å². The molecule has 0 aromatic heterocycles. The first-order valence-electron chi connectivity index (χ1n) is 4.92. The van der Waals surface area contributed by atoms with Gasteiger partial charge in [-0.1, -0.05) is 13.8 Å². The van der Waals surface area contributed by atoms with E-state index in [9.17, 15) is 9.59 Å². The quantitative estimate of drug-likeness (QED) is 0.284. The molecule has 0 saturated carbocycles. The highest BCUT2D eigenvalue weighted by Crippen LogP contribution is 2.07. The number of hydrogen-bond acceptors (Lipinski definition) is 7. The van der Waals surface area contributed by atoms with Crippen LogP contribution in [0, 0.1) is 5.92 Å². The van der Waals surface area contributed by atoms with E-state index in [1.165, 1.54) is 0 Å². The van der Waals surface area contributed by atoms with Crippen LogP contribution < -0.4 is 11.5 Å². The highest BCUT2D eigenvalue weighted by Gasteiger charge is 2.16. The van der Waals surface area contributed by atoms with Crippen LogP contribution >= 0.6 is 12.0 Å². The fourth-order valence-electron chi connectivity index (χ4n) is 0.917. The Bertz CT molecular complexity index is 236. The first-order valence-corrected chi connectivity index (χ1v) is 5.83. The molecular weight excluding hydrogens is 232 g/mol. The Kier molecular flexibility index (Phi) is 7.96. The molecule has 0 aromatic rings. The molecule has 0 bridgehead atoms. The third-order valence-corrected chi connectivity index (χ3v) is 2.11. The molecule has 0 amide bonds. The maximum absolute atomic E-state index is 11.3. The fourth-order valence-corrected chi connectivity index (χ4v) is 1.33. The van der Waals surface area contributed by atoms with Gasteiger partial charge >= 0.3 is 11.9 Å². The van der Waals surface area contributed by atoms with Crippen molar-refractivity contribution in [2.75, 3.05) is 12.5 Å². The number of nitrogens with two attached hydrogens (primary N) is 2. The van der Waals surface area contributed by atoms with Gasteiger partial charge in [0, 0.05) is 0 Å². The number of esters is 1. The summed E-state index contributed by atoms with van der Waals surface area (Å²) >= 11 is 0.722.